The molecule has 1 aromatic heterocycles. The van der Waals surface area contributed by atoms with Gasteiger partial charge in [0.1, 0.15) is 5.82 Å². The zero-order valence-electron chi connectivity index (χ0n) is 10.7. The second-order valence-corrected chi connectivity index (χ2v) is 4.47. The number of carbonyl (C=O) groups is 2. The van der Waals surface area contributed by atoms with Crippen LogP contribution < -0.4 is 0 Å². The van der Waals surface area contributed by atoms with E-state index in [-0.39, 0.29) is 23.0 Å². The number of imidazole rings is 1. The monoisotopic (exact) mass is 258 g/mol. The van der Waals surface area contributed by atoms with Crippen LogP contribution in [0.15, 0.2) is 36.7 Å². The topological polar surface area (TPSA) is 72.2 Å². The summed E-state index contributed by atoms with van der Waals surface area (Å²) in [4.78, 5) is 27.7. The maximum absolute atomic E-state index is 12.4. The summed E-state index contributed by atoms with van der Waals surface area (Å²) in [7, 11) is 0. The van der Waals surface area contributed by atoms with Crippen LogP contribution in [0.5, 0.6) is 0 Å². The molecule has 0 radical (unpaired) electrons. The molecule has 0 aliphatic heterocycles. The van der Waals surface area contributed by atoms with Crippen molar-refractivity contribution < 1.29 is 14.7 Å². The Morgan fingerprint density at radius 1 is 1.21 bits per heavy atom. The molecule has 1 aromatic carbocycles. The zero-order valence-corrected chi connectivity index (χ0v) is 10.7. The molecule has 1 heterocycles. The number of aromatic nitrogens is 2. The van der Waals surface area contributed by atoms with E-state index in [0.717, 1.165) is 0 Å². The van der Waals surface area contributed by atoms with E-state index in [1.165, 1.54) is 22.9 Å². The van der Waals surface area contributed by atoms with Gasteiger partial charge in [-0.15, -0.1) is 0 Å². The predicted molar refractivity (Wildman–Crippen MR) is 69.4 cm³/mol. The maximum atomic E-state index is 12.4. The van der Waals surface area contributed by atoms with Gasteiger partial charge in [0.25, 0.3) is 5.91 Å². The lowest BCUT2D eigenvalue weighted by Gasteiger charge is -2.10. The van der Waals surface area contributed by atoms with Crippen molar-refractivity contribution in [2.45, 2.75) is 19.8 Å². The number of carbonyl (C=O) groups excluding carboxylic acids is 1. The fraction of sp³-hybridized carbons (Fsp3) is 0.214. The van der Waals surface area contributed by atoms with Crippen molar-refractivity contribution in [1.82, 2.24) is 9.55 Å². The zero-order chi connectivity index (χ0) is 14.0. The van der Waals surface area contributed by atoms with Gasteiger partial charge < -0.3 is 5.11 Å². The van der Waals surface area contributed by atoms with Crippen LogP contribution in [-0.2, 0) is 0 Å². The third-order valence-corrected chi connectivity index (χ3v) is 2.79. The summed E-state index contributed by atoms with van der Waals surface area (Å²) in [5.74, 6) is -0.796. The van der Waals surface area contributed by atoms with E-state index in [2.05, 4.69) is 4.98 Å². The van der Waals surface area contributed by atoms with Gasteiger partial charge in [-0.05, 0) is 12.1 Å². The van der Waals surface area contributed by atoms with E-state index in [0.29, 0.717) is 5.82 Å². The van der Waals surface area contributed by atoms with Crippen LogP contribution in [0.4, 0.5) is 0 Å². The summed E-state index contributed by atoms with van der Waals surface area (Å²) >= 11 is 0. The van der Waals surface area contributed by atoms with Gasteiger partial charge in [0.15, 0.2) is 0 Å². The SMILES string of the molecule is CC(C)c1nccn1C(=O)c1ccccc1C(=O)O. The standard InChI is InChI=1S/C14H14N2O3/c1-9(2)12-15-7-8-16(12)13(17)10-5-3-4-6-11(10)14(18)19/h3-9H,1-2H3,(H,18,19). The Hall–Kier alpha value is -2.43. The Bertz CT molecular complexity index is 629. The Kier molecular flexibility index (Phi) is 3.46. The highest BCUT2D eigenvalue weighted by molar-refractivity contribution is 6.05. The van der Waals surface area contributed by atoms with E-state index in [1.807, 2.05) is 13.8 Å². The normalized spacial score (nSPS) is 10.7. The van der Waals surface area contributed by atoms with E-state index in [1.54, 1.807) is 18.3 Å². The number of benzene rings is 1. The lowest BCUT2D eigenvalue weighted by atomic mass is 10.1. The molecular weight excluding hydrogens is 244 g/mol. The van der Waals surface area contributed by atoms with Gasteiger partial charge in [-0.3, -0.25) is 9.36 Å². The molecule has 0 aliphatic rings. The minimum Gasteiger partial charge on any atom is -0.478 e. The average Bonchev–Trinajstić information content (AvgIpc) is 2.87. The molecule has 19 heavy (non-hydrogen) atoms. The highest BCUT2D eigenvalue weighted by Gasteiger charge is 2.20. The van der Waals surface area contributed by atoms with E-state index >= 15 is 0 Å². The molecule has 0 atom stereocenters. The quantitative estimate of drug-likeness (QED) is 0.917. The number of aromatic carboxylic acids is 1. The Morgan fingerprint density at radius 3 is 2.42 bits per heavy atom. The average molecular weight is 258 g/mol. The van der Waals surface area contributed by atoms with Crippen LogP contribution in [0, 0.1) is 0 Å². The minimum atomic E-state index is -1.12. The van der Waals surface area contributed by atoms with Crippen molar-refractivity contribution >= 4 is 11.9 Å². The van der Waals surface area contributed by atoms with Gasteiger partial charge in [-0.2, -0.15) is 0 Å². The molecule has 0 unspecified atom stereocenters. The molecule has 0 spiro atoms. The molecule has 1 N–H and O–H groups in total. The highest BCUT2D eigenvalue weighted by Crippen LogP contribution is 2.16. The van der Waals surface area contributed by atoms with Crippen LogP contribution in [0.3, 0.4) is 0 Å². The molecule has 0 bridgehead atoms. The first-order chi connectivity index (χ1) is 9.02. The maximum Gasteiger partial charge on any atom is 0.336 e. The third kappa shape index (κ3) is 2.40. The highest BCUT2D eigenvalue weighted by atomic mass is 16.4. The summed E-state index contributed by atoms with van der Waals surface area (Å²) in [6.45, 7) is 3.85. The van der Waals surface area contributed by atoms with Gasteiger partial charge >= 0.3 is 5.97 Å². The van der Waals surface area contributed by atoms with Crippen LogP contribution in [0.25, 0.3) is 0 Å². The molecular formula is C14H14N2O3. The summed E-state index contributed by atoms with van der Waals surface area (Å²) in [6, 6.07) is 6.17. The van der Waals surface area contributed by atoms with Crippen molar-refractivity contribution in [3.05, 3.63) is 53.6 Å². The summed E-state index contributed by atoms with van der Waals surface area (Å²) < 4.78 is 1.40. The minimum absolute atomic E-state index is 0.00379. The molecule has 98 valence electrons. The number of rotatable bonds is 3. The molecule has 0 saturated carbocycles. The summed E-state index contributed by atoms with van der Waals surface area (Å²) in [5, 5.41) is 9.11. The van der Waals surface area contributed by atoms with E-state index in [4.69, 9.17) is 5.11 Å². The van der Waals surface area contributed by atoms with Crippen molar-refractivity contribution in [3.8, 4) is 0 Å². The summed E-state index contributed by atoms with van der Waals surface area (Å²) in [6.07, 6.45) is 3.09. The second kappa shape index (κ2) is 5.06. The van der Waals surface area contributed by atoms with E-state index in [9.17, 15) is 9.59 Å². The Morgan fingerprint density at radius 2 is 1.84 bits per heavy atom. The number of carboxylic acids is 1. The van der Waals surface area contributed by atoms with Gasteiger partial charge in [-0.25, -0.2) is 9.78 Å². The predicted octanol–water partition coefficient (Wildman–Crippen LogP) is 2.39. The molecule has 0 aliphatic carbocycles. The first kappa shape index (κ1) is 13.0. The van der Waals surface area contributed by atoms with Crippen LogP contribution in [-0.4, -0.2) is 26.5 Å². The molecule has 2 aromatic rings. The van der Waals surface area contributed by atoms with Crippen LogP contribution in [0.2, 0.25) is 0 Å². The smallest absolute Gasteiger partial charge is 0.336 e. The van der Waals surface area contributed by atoms with Gasteiger partial charge in [0, 0.05) is 18.3 Å². The lowest BCUT2D eigenvalue weighted by Crippen LogP contribution is -2.18. The Balaban J connectivity index is 2.51. The molecule has 5 nitrogen and oxygen atoms in total. The van der Waals surface area contributed by atoms with Crippen molar-refractivity contribution in [3.63, 3.8) is 0 Å². The van der Waals surface area contributed by atoms with E-state index < -0.39 is 5.97 Å². The number of nitrogens with zero attached hydrogens (tertiary/aromatic N) is 2. The fourth-order valence-electron chi connectivity index (χ4n) is 1.90. The largest absolute Gasteiger partial charge is 0.478 e. The first-order valence-corrected chi connectivity index (χ1v) is 5.92. The van der Waals surface area contributed by atoms with Gasteiger partial charge in [0.05, 0.1) is 11.1 Å². The number of hydrogen-bond acceptors (Lipinski definition) is 3. The van der Waals surface area contributed by atoms with Gasteiger partial charge in [0.2, 0.25) is 0 Å². The molecule has 5 heteroatoms. The second-order valence-electron chi connectivity index (χ2n) is 4.47. The van der Waals surface area contributed by atoms with Crippen molar-refractivity contribution in [1.29, 1.82) is 0 Å². The first-order valence-electron chi connectivity index (χ1n) is 5.92. The van der Waals surface area contributed by atoms with Crippen LogP contribution >= 0.6 is 0 Å². The molecule has 0 saturated heterocycles. The van der Waals surface area contributed by atoms with Crippen molar-refractivity contribution in [2.24, 2.45) is 0 Å². The third-order valence-electron chi connectivity index (χ3n) is 2.79. The molecule has 2 rings (SSSR count). The molecule has 0 fully saturated rings. The fourth-order valence-corrected chi connectivity index (χ4v) is 1.90. The summed E-state index contributed by atoms with van der Waals surface area (Å²) in [5.41, 5.74) is 0.158. The molecule has 0 amide bonds. The van der Waals surface area contributed by atoms with Crippen LogP contribution in [0.1, 0.15) is 46.3 Å². The Labute approximate surface area is 110 Å². The van der Waals surface area contributed by atoms with Gasteiger partial charge in [-0.1, -0.05) is 26.0 Å². The lowest BCUT2D eigenvalue weighted by molar-refractivity contribution is 0.0691. The number of carboxylic acid groups (broad SMARTS) is 1. The number of hydrogen-bond donors (Lipinski definition) is 1. The van der Waals surface area contributed by atoms with Crippen molar-refractivity contribution in [2.75, 3.05) is 0 Å².